The van der Waals surface area contributed by atoms with E-state index >= 15 is 0 Å². The fourth-order valence-corrected chi connectivity index (χ4v) is 5.25. The molecule has 3 aromatic rings. The molecule has 0 radical (unpaired) electrons. The second-order valence-electron chi connectivity index (χ2n) is 9.10. The number of hydrogen-bond acceptors (Lipinski definition) is 4. The summed E-state index contributed by atoms with van der Waals surface area (Å²) in [4.78, 5) is 32.2. The Hall–Kier alpha value is -3.35. The van der Waals surface area contributed by atoms with Gasteiger partial charge >= 0.3 is 0 Å². The first-order valence-electron chi connectivity index (χ1n) is 11.7. The maximum atomic E-state index is 13.2. The molecule has 172 valence electrons. The van der Waals surface area contributed by atoms with Crippen molar-refractivity contribution in [2.75, 3.05) is 13.1 Å². The molecule has 1 fully saturated rings. The number of hydrogen-bond donors (Lipinski definition) is 1. The van der Waals surface area contributed by atoms with Gasteiger partial charge in [0.15, 0.2) is 0 Å². The Balaban J connectivity index is 1.39. The average molecular weight is 447 g/mol. The van der Waals surface area contributed by atoms with Crippen LogP contribution >= 0.6 is 0 Å². The molecular weight excluding hydrogens is 416 g/mol. The van der Waals surface area contributed by atoms with E-state index in [2.05, 4.69) is 10.3 Å². The Bertz CT molecular complexity index is 1200. The molecule has 33 heavy (non-hydrogen) atoms. The lowest BCUT2D eigenvalue weighted by Gasteiger charge is -2.42. The van der Waals surface area contributed by atoms with Gasteiger partial charge < -0.3 is 19.5 Å². The number of carbonyl (C=O) groups is 2. The van der Waals surface area contributed by atoms with Crippen LogP contribution < -0.4 is 10.1 Å². The highest BCUT2D eigenvalue weighted by Crippen LogP contribution is 2.44. The van der Waals surface area contributed by atoms with Gasteiger partial charge in [-0.3, -0.25) is 9.59 Å². The third-order valence-electron chi connectivity index (χ3n) is 7.05. The smallest absolute Gasteiger partial charge is 0.240 e. The number of ether oxygens (including phenoxy) is 1. The lowest BCUT2D eigenvalue weighted by atomic mass is 9.82. The number of para-hydroxylation sites is 3. The second kappa shape index (κ2) is 8.54. The summed E-state index contributed by atoms with van der Waals surface area (Å²) in [5.74, 6) is 1.74. The van der Waals surface area contributed by atoms with Crippen LogP contribution in [0.3, 0.4) is 0 Å². The quantitative estimate of drug-likeness (QED) is 0.662. The molecule has 2 aliphatic heterocycles. The van der Waals surface area contributed by atoms with Gasteiger partial charge in [-0.05, 0) is 38.5 Å². The largest absolute Gasteiger partial charge is 0.487 e. The van der Waals surface area contributed by atoms with Crippen LogP contribution in [0.1, 0.15) is 50.0 Å². The standard InChI is InChI=1S/C26H30N4O3/c1-3-29-15-14-26(13-12-25(29)32)16-21(19-8-4-7-11-23(19)33-26)28-24(31)17-30-18(2)27-20-9-5-6-10-22(20)30/h4-11,21H,3,12-17H2,1-2H3,(H,28,31). The number of fused-ring (bicyclic) bond motifs is 2. The lowest BCUT2D eigenvalue weighted by molar-refractivity contribution is -0.130. The maximum Gasteiger partial charge on any atom is 0.240 e. The molecule has 0 bridgehead atoms. The van der Waals surface area contributed by atoms with Crippen LogP contribution in [0, 0.1) is 6.92 Å². The highest BCUT2D eigenvalue weighted by molar-refractivity contribution is 5.81. The number of likely N-dealkylation sites (tertiary alicyclic amines) is 1. The summed E-state index contributed by atoms with van der Waals surface area (Å²) >= 11 is 0. The first-order chi connectivity index (χ1) is 16.0. The molecule has 3 heterocycles. The van der Waals surface area contributed by atoms with Crippen molar-refractivity contribution in [3.63, 3.8) is 0 Å². The molecule has 1 saturated heterocycles. The van der Waals surface area contributed by atoms with Gasteiger partial charge in [0.1, 0.15) is 23.7 Å². The number of amides is 2. The van der Waals surface area contributed by atoms with Crippen LogP contribution in [0.5, 0.6) is 5.75 Å². The van der Waals surface area contributed by atoms with Crippen LogP contribution in [0.2, 0.25) is 0 Å². The van der Waals surface area contributed by atoms with Crippen LogP contribution in [-0.2, 0) is 16.1 Å². The Kier molecular flexibility index (Phi) is 5.56. The van der Waals surface area contributed by atoms with E-state index < -0.39 is 5.60 Å². The van der Waals surface area contributed by atoms with E-state index in [4.69, 9.17) is 4.74 Å². The van der Waals surface area contributed by atoms with E-state index in [-0.39, 0.29) is 24.4 Å². The van der Waals surface area contributed by atoms with Gasteiger partial charge in [-0.15, -0.1) is 0 Å². The first kappa shape index (κ1) is 21.5. The predicted molar refractivity (Wildman–Crippen MR) is 126 cm³/mol. The molecule has 2 unspecified atom stereocenters. The lowest BCUT2D eigenvalue weighted by Crippen LogP contribution is -2.46. The molecule has 2 aliphatic rings. The van der Waals surface area contributed by atoms with Gasteiger partial charge in [0.25, 0.3) is 0 Å². The summed E-state index contributed by atoms with van der Waals surface area (Å²) in [6, 6.07) is 15.6. The van der Waals surface area contributed by atoms with E-state index in [0.29, 0.717) is 32.4 Å². The van der Waals surface area contributed by atoms with E-state index in [0.717, 1.165) is 34.6 Å². The van der Waals surface area contributed by atoms with E-state index in [1.165, 1.54) is 0 Å². The summed E-state index contributed by atoms with van der Waals surface area (Å²) in [7, 11) is 0. The van der Waals surface area contributed by atoms with Crippen molar-refractivity contribution in [2.45, 2.75) is 57.7 Å². The number of carbonyl (C=O) groups excluding carboxylic acids is 2. The maximum absolute atomic E-state index is 13.2. The average Bonchev–Trinajstić information content (AvgIpc) is 3.04. The second-order valence-corrected chi connectivity index (χ2v) is 9.10. The highest BCUT2D eigenvalue weighted by Gasteiger charge is 2.43. The van der Waals surface area contributed by atoms with Gasteiger partial charge in [-0.1, -0.05) is 30.3 Å². The summed E-state index contributed by atoms with van der Waals surface area (Å²) in [5, 5.41) is 3.27. The van der Waals surface area contributed by atoms with Crippen molar-refractivity contribution < 1.29 is 14.3 Å². The predicted octanol–water partition coefficient (Wildman–Crippen LogP) is 3.76. The number of benzene rings is 2. The van der Waals surface area contributed by atoms with Crippen LogP contribution in [0.4, 0.5) is 0 Å². The van der Waals surface area contributed by atoms with E-state index in [9.17, 15) is 9.59 Å². The highest BCUT2D eigenvalue weighted by atomic mass is 16.5. The van der Waals surface area contributed by atoms with E-state index in [1.54, 1.807) is 0 Å². The number of nitrogens with one attached hydrogen (secondary N) is 1. The third kappa shape index (κ3) is 4.08. The fraction of sp³-hybridized carbons (Fsp3) is 0.423. The molecule has 1 aromatic heterocycles. The minimum Gasteiger partial charge on any atom is -0.487 e. The zero-order valence-corrected chi connectivity index (χ0v) is 19.2. The SMILES string of the molecule is CCN1CCC2(CCC1=O)CC(NC(=O)Cn1c(C)nc3ccccc31)c1ccccc1O2. The minimum atomic E-state index is -0.455. The summed E-state index contributed by atoms with van der Waals surface area (Å²) < 4.78 is 8.48. The summed E-state index contributed by atoms with van der Waals surface area (Å²) in [6.07, 6.45) is 2.55. The van der Waals surface area contributed by atoms with Gasteiger partial charge in [0.2, 0.25) is 11.8 Å². The molecule has 2 aromatic carbocycles. The normalized spacial score (nSPS) is 22.7. The monoisotopic (exact) mass is 446 g/mol. The fourth-order valence-electron chi connectivity index (χ4n) is 5.25. The zero-order chi connectivity index (χ0) is 23.0. The van der Waals surface area contributed by atoms with Crippen LogP contribution in [0.25, 0.3) is 11.0 Å². The van der Waals surface area contributed by atoms with Gasteiger partial charge in [-0.2, -0.15) is 0 Å². The molecule has 5 rings (SSSR count). The molecule has 7 nitrogen and oxygen atoms in total. The number of rotatable bonds is 4. The Morgan fingerprint density at radius 2 is 1.97 bits per heavy atom. The van der Waals surface area contributed by atoms with Gasteiger partial charge in [0, 0.05) is 37.9 Å². The Morgan fingerprint density at radius 1 is 1.18 bits per heavy atom. The van der Waals surface area contributed by atoms with Crippen molar-refractivity contribution >= 4 is 22.8 Å². The number of nitrogens with zero attached hydrogens (tertiary/aromatic N) is 3. The zero-order valence-electron chi connectivity index (χ0n) is 19.2. The summed E-state index contributed by atoms with van der Waals surface area (Å²) in [5.41, 5.74) is 2.38. The van der Waals surface area contributed by atoms with Crippen molar-refractivity contribution in [1.29, 1.82) is 0 Å². The molecule has 0 aliphatic carbocycles. The van der Waals surface area contributed by atoms with E-state index in [1.807, 2.05) is 71.8 Å². The molecule has 2 atom stereocenters. The van der Waals surface area contributed by atoms with Crippen molar-refractivity contribution in [2.24, 2.45) is 0 Å². The topological polar surface area (TPSA) is 76.5 Å². The number of aromatic nitrogens is 2. The molecule has 7 heteroatoms. The number of aryl methyl sites for hydroxylation is 1. The molecular formula is C26H30N4O3. The van der Waals surface area contributed by atoms with Crippen LogP contribution in [0.15, 0.2) is 48.5 Å². The van der Waals surface area contributed by atoms with Crippen LogP contribution in [-0.4, -0.2) is 45.0 Å². The Labute approximate surface area is 193 Å². The van der Waals surface area contributed by atoms with Crippen molar-refractivity contribution in [1.82, 2.24) is 19.8 Å². The molecule has 2 amide bonds. The van der Waals surface area contributed by atoms with Gasteiger partial charge in [-0.25, -0.2) is 4.98 Å². The van der Waals surface area contributed by atoms with Crippen molar-refractivity contribution in [3.8, 4) is 5.75 Å². The molecule has 1 N–H and O–H groups in total. The first-order valence-corrected chi connectivity index (χ1v) is 11.7. The third-order valence-corrected chi connectivity index (χ3v) is 7.05. The summed E-state index contributed by atoms with van der Waals surface area (Å²) in [6.45, 7) is 5.54. The molecule has 1 spiro atoms. The van der Waals surface area contributed by atoms with Crippen molar-refractivity contribution in [3.05, 3.63) is 59.9 Å². The van der Waals surface area contributed by atoms with Gasteiger partial charge in [0.05, 0.1) is 17.1 Å². The minimum absolute atomic E-state index is 0.0574. The number of imidazole rings is 1. The molecule has 0 saturated carbocycles. The Morgan fingerprint density at radius 3 is 2.82 bits per heavy atom.